The molecule has 0 heterocycles. The lowest BCUT2D eigenvalue weighted by Crippen LogP contribution is -2.30. The lowest BCUT2D eigenvalue weighted by Gasteiger charge is -2.18. The predicted molar refractivity (Wildman–Crippen MR) is 335 cm³/mol. The second-order valence-corrected chi connectivity index (χ2v) is 23.4. The van der Waals surface area contributed by atoms with Gasteiger partial charge in [-0.05, 0) is 77.0 Å². The first-order chi connectivity index (χ1) is 38.0. The minimum absolute atomic E-state index is 0.0695. The van der Waals surface area contributed by atoms with Crippen molar-refractivity contribution in [3.05, 3.63) is 36.5 Å². The Kier molecular flexibility index (Phi) is 64.1. The van der Waals surface area contributed by atoms with Gasteiger partial charge in [0.2, 0.25) is 0 Å². The quantitative estimate of drug-likeness (QED) is 0.0261. The van der Waals surface area contributed by atoms with Crippen molar-refractivity contribution in [1.29, 1.82) is 0 Å². The normalized spacial score (nSPS) is 12.2. The van der Waals surface area contributed by atoms with Gasteiger partial charge in [0.15, 0.2) is 6.10 Å². The van der Waals surface area contributed by atoms with Crippen LogP contribution in [0.3, 0.4) is 0 Å². The number of hydrogen-bond donors (Lipinski definition) is 0. The second-order valence-electron chi connectivity index (χ2n) is 23.4. The smallest absolute Gasteiger partial charge is 0.306 e. The molecule has 0 rings (SSSR count). The van der Waals surface area contributed by atoms with Crippen LogP contribution >= 0.6 is 0 Å². The number of ether oxygens (including phenoxy) is 3. The first-order valence-corrected chi connectivity index (χ1v) is 34.5. The first kappa shape index (κ1) is 74.6. The molecule has 0 aromatic carbocycles. The highest BCUT2D eigenvalue weighted by Gasteiger charge is 2.19. The number of carbonyl (C=O) groups excluding carboxylic acids is 3. The molecule has 452 valence electrons. The number of rotatable bonds is 64. The summed E-state index contributed by atoms with van der Waals surface area (Å²) in [5.41, 5.74) is 0. The molecule has 0 fully saturated rings. The molecule has 0 aliphatic carbocycles. The zero-order valence-corrected chi connectivity index (χ0v) is 52.0. The number of hydrogen-bond acceptors (Lipinski definition) is 6. The van der Waals surface area contributed by atoms with Crippen molar-refractivity contribution >= 4 is 17.9 Å². The molecule has 0 aliphatic rings. The minimum Gasteiger partial charge on any atom is -0.462 e. The van der Waals surface area contributed by atoms with Crippen LogP contribution in [0.1, 0.15) is 380 Å². The maximum atomic E-state index is 12.8. The Morgan fingerprint density at radius 3 is 0.753 bits per heavy atom. The van der Waals surface area contributed by atoms with Crippen LogP contribution in [0.4, 0.5) is 0 Å². The largest absolute Gasteiger partial charge is 0.462 e. The average molecular weight is 1080 g/mol. The van der Waals surface area contributed by atoms with Crippen molar-refractivity contribution in [2.45, 2.75) is 386 Å². The molecule has 0 radical (unpaired) electrons. The Morgan fingerprint density at radius 1 is 0.260 bits per heavy atom. The van der Waals surface area contributed by atoms with E-state index >= 15 is 0 Å². The third kappa shape index (κ3) is 64.3. The molecule has 6 nitrogen and oxygen atoms in total. The molecule has 0 aromatic heterocycles. The molecule has 0 bridgehead atoms. The van der Waals surface area contributed by atoms with Crippen LogP contribution in [-0.4, -0.2) is 37.2 Å². The number of esters is 3. The van der Waals surface area contributed by atoms with Crippen LogP contribution in [0.2, 0.25) is 0 Å². The van der Waals surface area contributed by atoms with E-state index < -0.39 is 6.10 Å². The van der Waals surface area contributed by atoms with Gasteiger partial charge in [0.05, 0.1) is 0 Å². The molecule has 1 atom stereocenters. The summed E-state index contributed by atoms with van der Waals surface area (Å²) >= 11 is 0. The molecule has 77 heavy (non-hydrogen) atoms. The summed E-state index contributed by atoms with van der Waals surface area (Å²) in [5.74, 6) is -0.855. The fraction of sp³-hybridized carbons (Fsp3) is 0.873. The van der Waals surface area contributed by atoms with Crippen LogP contribution in [-0.2, 0) is 28.6 Å². The van der Waals surface area contributed by atoms with E-state index in [1.54, 1.807) is 0 Å². The summed E-state index contributed by atoms with van der Waals surface area (Å²) in [6, 6.07) is 0. The molecule has 0 N–H and O–H groups in total. The van der Waals surface area contributed by atoms with Gasteiger partial charge in [-0.15, -0.1) is 0 Å². The molecule has 0 saturated carbocycles. The molecule has 0 saturated heterocycles. The molecule has 0 spiro atoms. The van der Waals surface area contributed by atoms with E-state index in [1.165, 1.54) is 270 Å². The van der Waals surface area contributed by atoms with Crippen LogP contribution < -0.4 is 0 Å². The van der Waals surface area contributed by atoms with Gasteiger partial charge in [0.1, 0.15) is 13.2 Å². The van der Waals surface area contributed by atoms with Gasteiger partial charge in [-0.3, -0.25) is 14.4 Å². The summed E-state index contributed by atoms with van der Waals surface area (Å²) in [4.78, 5) is 38.2. The Labute approximate surface area is 480 Å². The van der Waals surface area contributed by atoms with Crippen LogP contribution in [0.15, 0.2) is 36.5 Å². The Morgan fingerprint density at radius 2 is 0.468 bits per heavy atom. The summed E-state index contributed by atoms with van der Waals surface area (Å²) in [6.45, 7) is 6.65. The van der Waals surface area contributed by atoms with Crippen molar-refractivity contribution in [2.24, 2.45) is 0 Å². The fourth-order valence-corrected chi connectivity index (χ4v) is 10.4. The van der Waals surface area contributed by atoms with Crippen molar-refractivity contribution in [3.63, 3.8) is 0 Å². The van der Waals surface area contributed by atoms with E-state index in [4.69, 9.17) is 14.2 Å². The lowest BCUT2D eigenvalue weighted by atomic mass is 10.0. The molecule has 0 aromatic rings. The zero-order chi connectivity index (χ0) is 55.7. The topological polar surface area (TPSA) is 78.9 Å². The third-order valence-electron chi connectivity index (χ3n) is 15.6. The Hall–Kier alpha value is -2.37. The summed E-state index contributed by atoms with van der Waals surface area (Å²) < 4.78 is 16.9. The first-order valence-electron chi connectivity index (χ1n) is 34.5. The van der Waals surface area contributed by atoms with Crippen LogP contribution in [0.25, 0.3) is 0 Å². The second kappa shape index (κ2) is 66.1. The Balaban J connectivity index is 3.98. The number of unbranched alkanes of at least 4 members (excludes halogenated alkanes) is 47. The monoisotopic (exact) mass is 1080 g/mol. The molecular formula is C71H132O6. The molecule has 0 aliphatic heterocycles. The van der Waals surface area contributed by atoms with Crippen LogP contribution in [0.5, 0.6) is 0 Å². The van der Waals surface area contributed by atoms with Crippen molar-refractivity contribution in [3.8, 4) is 0 Å². The highest BCUT2D eigenvalue weighted by atomic mass is 16.6. The van der Waals surface area contributed by atoms with Gasteiger partial charge < -0.3 is 14.2 Å². The minimum atomic E-state index is -0.771. The van der Waals surface area contributed by atoms with E-state index in [0.717, 1.165) is 70.6 Å². The predicted octanol–water partition coefficient (Wildman–Crippen LogP) is 23.6. The molecule has 0 amide bonds. The van der Waals surface area contributed by atoms with Crippen LogP contribution in [0, 0.1) is 0 Å². The van der Waals surface area contributed by atoms with E-state index in [2.05, 4.69) is 57.2 Å². The molecule has 1 unspecified atom stereocenters. The van der Waals surface area contributed by atoms with Crippen molar-refractivity contribution in [2.75, 3.05) is 13.2 Å². The average Bonchev–Trinajstić information content (AvgIpc) is 3.43. The maximum Gasteiger partial charge on any atom is 0.306 e. The standard InChI is InChI=1S/C71H132O6/c1-4-7-10-13-16-19-22-25-26-27-28-29-30-31-32-33-34-35-36-37-38-39-40-41-42-43-44-45-46-47-50-52-55-58-61-64-70(73)76-67-68(77-71(74)65-62-59-56-53-49-24-21-18-15-12-9-6-3)66-75-69(72)63-60-57-54-51-48-23-20-17-14-11-8-5-2/h18,21-22,25,27-28,68H,4-17,19-20,23-24,26,29-67H2,1-3H3/b21-18-,25-22-,28-27-. The van der Waals surface area contributed by atoms with Crippen molar-refractivity contribution < 1.29 is 28.6 Å². The number of carbonyl (C=O) groups is 3. The molecule has 6 heteroatoms. The molecular weight excluding hydrogens is 949 g/mol. The summed E-state index contributed by atoms with van der Waals surface area (Å²) in [6.07, 6.45) is 82.0. The zero-order valence-electron chi connectivity index (χ0n) is 52.0. The van der Waals surface area contributed by atoms with E-state index in [0.29, 0.717) is 19.3 Å². The maximum absolute atomic E-state index is 12.8. The summed E-state index contributed by atoms with van der Waals surface area (Å²) in [5, 5.41) is 0. The fourth-order valence-electron chi connectivity index (χ4n) is 10.4. The van der Waals surface area contributed by atoms with Crippen molar-refractivity contribution in [1.82, 2.24) is 0 Å². The van der Waals surface area contributed by atoms with E-state index in [9.17, 15) is 14.4 Å². The SMILES string of the molecule is CCCCC/C=C\CCCCCCCC(=O)OC(COC(=O)CCCCCCCCCCCCCC)COC(=O)CCCCCCCCCCCCCCCCCCCCCCCCC/C=C\C/C=C\CCCCCCC. The lowest BCUT2D eigenvalue weighted by molar-refractivity contribution is -0.167. The van der Waals surface area contributed by atoms with E-state index in [-0.39, 0.29) is 31.1 Å². The van der Waals surface area contributed by atoms with E-state index in [1.807, 2.05) is 0 Å². The highest BCUT2D eigenvalue weighted by Crippen LogP contribution is 2.18. The summed E-state index contributed by atoms with van der Waals surface area (Å²) in [7, 11) is 0. The van der Waals surface area contributed by atoms with Gasteiger partial charge in [-0.25, -0.2) is 0 Å². The third-order valence-corrected chi connectivity index (χ3v) is 15.6. The number of allylic oxidation sites excluding steroid dienone is 6. The van der Waals surface area contributed by atoms with Gasteiger partial charge in [-0.2, -0.15) is 0 Å². The van der Waals surface area contributed by atoms with Gasteiger partial charge >= 0.3 is 17.9 Å². The Bertz CT molecular complexity index is 1290. The van der Waals surface area contributed by atoms with Gasteiger partial charge in [0.25, 0.3) is 0 Å². The highest BCUT2D eigenvalue weighted by molar-refractivity contribution is 5.71. The van der Waals surface area contributed by atoms with Gasteiger partial charge in [-0.1, -0.05) is 320 Å². The van der Waals surface area contributed by atoms with Gasteiger partial charge in [0, 0.05) is 19.3 Å².